The molecule has 3 rings (SSSR count). The number of aryl methyl sites for hydroxylation is 2. The van der Waals surface area contributed by atoms with Gasteiger partial charge in [-0.3, -0.25) is 0 Å². The molecule has 2 nitrogen and oxygen atoms in total. The van der Waals surface area contributed by atoms with Crippen LogP contribution in [-0.2, 0) is 12.8 Å². The van der Waals surface area contributed by atoms with Crippen LogP contribution in [0.15, 0.2) is 18.2 Å². The van der Waals surface area contributed by atoms with Crippen LogP contribution < -0.4 is 0 Å². The lowest BCUT2D eigenvalue weighted by Gasteiger charge is -2.23. The van der Waals surface area contributed by atoms with Gasteiger partial charge in [0.15, 0.2) is 0 Å². The lowest BCUT2D eigenvalue weighted by atomic mass is 9.99. The predicted molar refractivity (Wildman–Crippen MR) is 77.2 cm³/mol. The molecule has 1 aromatic carbocycles. The van der Waals surface area contributed by atoms with Crippen LogP contribution in [0.1, 0.15) is 30.2 Å². The van der Waals surface area contributed by atoms with Crippen LogP contribution in [0.4, 0.5) is 0 Å². The molecule has 0 bridgehead atoms. The zero-order valence-corrected chi connectivity index (χ0v) is 11.4. The Morgan fingerprint density at radius 2 is 2.11 bits per heavy atom. The predicted octanol–water partition coefficient (Wildman–Crippen LogP) is 3.29. The molecule has 0 atom stereocenters. The number of hydrogen-bond acceptors (Lipinski definition) is 1. The molecule has 0 saturated heterocycles. The lowest BCUT2D eigenvalue weighted by molar-refractivity contribution is 0.283. The van der Waals surface area contributed by atoms with E-state index in [4.69, 9.17) is 0 Å². The molecule has 0 saturated carbocycles. The summed E-state index contributed by atoms with van der Waals surface area (Å²) in [7, 11) is 0. The summed E-state index contributed by atoms with van der Waals surface area (Å²) in [5, 5.41) is 1.48. The van der Waals surface area contributed by atoms with E-state index in [0.29, 0.717) is 0 Å². The minimum atomic E-state index is 1.18. The number of hydrogen-bond donors (Lipinski definition) is 1. The molecule has 18 heavy (non-hydrogen) atoms. The van der Waals surface area contributed by atoms with Crippen LogP contribution >= 0.6 is 0 Å². The standard InChI is InChI=1S/C16H22N2/c1-3-18-10-5-8-14-13(9-11-18)16-12(2)6-4-7-15(16)17-14/h4,6-7,17H,3,5,8-11H2,1-2H3. The van der Waals surface area contributed by atoms with Crippen LogP contribution in [0.2, 0.25) is 0 Å². The second kappa shape index (κ2) is 4.77. The van der Waals surface area contributed by atoms with Crippen molar-refractivity contribution in [2.24, 2.45) is 0 Å². The molecular formula is C16H22N2. The van der Waals surface area contributed by atoms with Gasteiger partial charge in [-0.05, 0) is 56.5 Å². The smallest absolute Gasteiger partial charge is 0.0461 e. The molecule has 2 heteroatoms. The van der Waals surface area contributed by atoms with Crippen LogP contribution in [0, 0.1) is 6.92 Å². The van der Waals surface area contributed by atoms with Gasteiger partial charge in [0.25, 0.3) is 0 Å². The highest BCUT2D eigenvalue weighted by Gasteiger charge is 2.16. The molecule has 1 aliphatic heterocycles. The summed E-state index contributed by atoms with van der Waals surface area (Å²) in [5.74, 6) is 0. The van der Waals surface area contributed by atoms with Gasteiger partial charge in [0, 0.05) is 23.1 Å². The Morgan fingerprint density at radius 3 is 2.94 bits per heavy atom. The van der Waals surface area contributed by atoms with Crippen molar-refractivity contribution < 1.29 is 0 Å². The van der Waals surface area contributed by atoms with Crippen molar-refractivity contribution in [2.75, 3.05) is 19.6 Å². The van der Waals surface area contributed by atoms with E-state index < -0.39 is 0 Å². The SMILES string of the molecule is CCN1CCCc2[nH]c3cccc(C)c3c2CC1. The van der Waals surface area contributed by atoms with Crippen molar-refractivity contribution >= 4 is 10.9 Å². The van der Waals surface area contributed by atoms with Crippen LogP contribution in [0.5, 0.6) is 0 Å². The summed E-state index contributed by atoms with van der Waals surface area (Å²) in [6.45, 7) is 8.11. The normalized spacial score (nSPS) is 17.4. The van der Waals surface area contributed by atoms with Gasteiger partial charge in [-0.25, -0.2) is 0 Å². The first kappa shape index (κ1) is 11.8. The molecule has 1 aromatic heterocycles. The molecule has 1 N–H and O–H groups in total. The second-order valence-electron chi connectivity index (χ2n) is 5.37. The van der Waals surface area contributed by atoms with Gasteiger partial charge in [0.1, 0.15) is 0 Å². The monoisotopic (exact) mass is 242 g/mol. The van der Waals surface area contributed by atoms with Crippen LogP contribution in [0.25, 0.3) is 10.9 Å². The number of aromatic nitrogens is 1. The number of H-pyrrole nitrogens is 1. The van der Waals surface area contributed by atoms with Gasteiger partial charge in [-0.2, -0.15) is 0 Å². The van der Waals surface area contributed by atoms with Crippen molar-refractivity contribution in [1.29, 1.82) is 0 Å². The number of rotatable bonds is 1. The summed E-state index contributed by atoms with van der Waals surface area (Å²) in [6.07, 6.45) is 3.65. The number of nitrogens with zero attached hydrogens (tertiary/aromatic N) is 1. The van der Waals surface area contributed by atoms with Gasteiger partial charge in [0.05, 0.1) is 0 Å². The van der Waals surface area contributed by atoms with Crippen LogP contribution in [0.3, 0.4) is 0 Å². The van der Waals surface area contributed by atoms with Crippen molar-refractivity contribution in [3.63, 3.8) is 0 Å². The van der Waals surface area contributed by atoms with Crippen molar-refractivity contribution in [1.82, 2.24) is 9.88 Å². The van der Waals surface area contributed by atoms with E-state index in [9.17, 15) is 0 Å². The Morgan fingerprint density at radius 1 is 1.22 bits per heavy atom. The molecular weight excluding hydrogens is 220 g/mol. The first-order valence-corrected chi connectivity index (χ1v) is 7.11. The van der Waals surface area contributed by atoms with Gasteiger partial charge < -0.3 is 9.88 Å². The number of benzene rings is 1. The van der Waals surface area contributed by atoms with E-state index in [-0.39, 0.29) is 0 Å². The highest BCUT2D eigenvalue weighted by atomic mass is 15.1. The fourth-order valence-electron chi connectivity index (χ4n) is 3.23. The zero-order valence-electron chi connectivity index (χ0n) is 11.4. The number of likely N-dealkylation sites (N-methyl/N-ethyl adjacent to an activating group) is 1. The lowest BCUT2D eigenvalue weighted by Crippen LogP contribution is -2.29. The Kier molecular flexibility index (Phi) is 3.13. The largest absolute Gasteiger partial charge is 0.358 e. The zero-order chi connectivity index (χ0) is 12.5. The summed E-state index contributed by atoms with van der Waals surface area (Å²) >= 11 is 0. The molecule has 2 heterocycles. The third kappa shape index (κ3) is 1.95. The molecule has 0 radical (unpaired) electrons. The topological polar surface area (TPSA) is 19.0 Å². The van der Waals surface area contributed by atoms with Gasteiger partial charge >= 0.3 is 0 Å². The third-order valence-electron chi connectivity index (χ3n) is 4.25. The minimum absolute atomic E-state index is 1.18. The molecule has 1 aliphatic rings. The molecule has 0 aliphatic carbocycles. The van der Waals surface area contributed by atoms with Gasteiger partial charge in [-0.15, -0.1) is 0 Å². The second-order valence-corrected chi connectivity index (χ2v) is 5.37. The fraction of sp³-hybridized carbons (Fsp3) is 0.500. The van der Waals surface area contributed by atoms with E-state index in [2.05, 4.69) is 41.9 Å². The molecule has 96 valence electrons. The molecule has 2 aromatic rings. The average Bonchev–Trinajstić information content (AvgIpc) is 2.68. The number of nitrogens with one attached hydrogen (secondary N) is 1. The fourth-order valence-corrected chi connectivity index (χ4v) is 3.23. The van der Waals surface area contributed by atoms with Gasteiger partial charge in [-0.1, -0.05) is 19.1 Å². The van der Waals surface area contributed by atoms with E-state index in [1.54, 1.807) is 5.56 Å². The van der Waals surface area contributed by atoms with Crippen molar-refractivity contribution in [3.8, 4) is 0 Å². The van der Waals surface area contributed by atoms with E-state index in [1.807, 2.05) is 0 Å². The summed E-state index contributed by atoms with van der Waals surface area (Å²) in [6, 6.07) is 6.59. The summed E-state index contributed by atoms with van der Waals surface area (Å²) in [4.78, 5) is 6.21. The highest BCUT2D eigenvalue weighted by Crippen LogP contribution is 2.28. The van der Waals surface area contributed by atoms with E-state index >= 15 is 0 Å². The molecule has 0 amide bonds. The Balaban J connectivity index is 2.06. The van der Waals surface area contributed by atoms with Crippen LogP contribution in [-0.4, -0.2) is 29.5 Å². The van der Waals surface area contributed by atoms with Gasteiger partial charge in [0.2, 0.25) is 0 Å². The van der Waals surface area contributed by atoms with Crippen molar-refractivity contribution in [3.05, 3.63) is 35.0 Å². The maximum atomic E-state index is 3.64. The van der Waals surface area contributed by atoms with E-state index in [0.717, 1.165) is 0 Å². The number of fused-ring (bicyclic) bond motifs is 3. The Hall–Kier alpha value is -1.28. The maximum Gasteiger partial charge on any atom is 0.0461 e. The average molecular weight is 242 g/mol. The third-order valence-corrected chi connectivity index (χ3v) is 4.25. The Labute approximate surface area is 109 Å². The Bertz CT molecular complexity index is 553. The minimum Gasteiger partial charge on any atom is -0.358 e. The molecule has 0 unspecified atom stereocenters. The summed E-state index contributed by atoms with van der Waals surface area (Å²) in [5.41, 5.74) is 5.79. The highest BCUT2D eigenvalue weighted by molar-refractivity contribution is 5.87. The van der Waals surface area contributed by atoms with E-state index in [1.165, 1.54) is 61.1 Å². The van der Waals surface area contributed by atoms with Crippen molar-refractivity contribution in [2.45, 2.75) is 33.1 Å². The summed E-state index contributed by atoms with van der Waals surface area (Å²) < 4.78 is 0. The number of aromatic amines is 1. The molecule has 0 fully saturated rings. The molecule has 0 spiro atoms. The maximum absolute atomic E-state index is 3.64. The first-order valence-electron chi connectivity index (χ1n) is 7.11. The first-order chi connectivity index (χ1) is 8.79. The quantitative estimate of drug-likeness (QED) is 0.813.